The van der Waals surface area contributed by atoms with Crippen molar-refractivity contribution in [2.24, 2.45) is 5.41 Å². The predicted molar refractivity (Wildman–Crippen MR) is 95.1 cm³/mol. The molecule has 3 heterocycles. The summed E-state index contributed by atoms with van der Waals surface area (Å²) < 4.78 is 10.8. The summed E-state index contributed by atoms with van der Waals surface area (Å²) in [5.74, 6) is -0.0531. The number of esters is 1. The van der Waals surface area contributed by atoms with E-state index in [4.69, 9.17) is 9.47 Å². The number of ether oxygens (including phenoxy) is 2. The van der Waals surface area contributed by atoms with Gasteiger partial charge < -0.3 is 9.47 Å². The fourth-order valence-electron chi connectivity index (χ4n) is 2.50. The highest BCUT2D eigenvalue weighted by atomic mass is 32.2. The summed E-state index contributed by atoms with van der Waals surface area (Å²) in [7, 11) is 0. The van der Waals surface area contributed by atoms with Gasteiger partial charge in [-0.1, -0.05) is 24.8 Å². The van der Waals surface area contributed by atoms with E-state index in [1.54, 1.807) is 18.5 Å². The van der Waals surface area contributed by atoms with Gasteiger partial charge in [-0.2, -0.15) is 0 Å². The van der Waals surface area contributed by atoms with E-state index in [1.165, 1.54) is 11.8 Å². The van der Waals surface area contributed by atoms with Gasteiger partial charge in [0, 0.05) is 31.0 Å². The molecule has 1 saturated heterocycles. The van der Waals surface area contributed by atoms with E-state index < -0.39 is 0 Å². The molecule has 0 aromatic carbocycles. The summed E-state index contributed by atoms with van der Waals surface area (Å²) in [6.07, 6.45) is 5.23. The first-order chi connectivity index (χ1) is 12.1. The highest BCUT2D eigenvalue weighted by Gasteiger charge is 2.29. The first kappa shape index (κ1) is 17.8. The second-order valence-corrected chi connectivity index (χ2v) is 7.25. The van der Waals surface area contributed by atoms with E-state index in [0.29, 0.717) is 11.8 Å². The van der Waals surface area contributed by atoms with E-state index in [9.17, 15) is 4.79 Å². The van der Waals surface area contributed by atoms with Crippen LogP contribution in [0.5, 0.6) is 0 Å². The number of carbonyl (C=O) groups excluding carboxylic acids is 1. The number of aromatic nitrogens is 3. The van der Waals surface area contributed by atoms with E-state index in [2.05, 4.69) is 21.9 Å². The van der Waals surface area contributed by atoms with Gasteiger partial charge in [0.2, 0.25) is 0 Å². The van der Waals surface area contributed by atoms with Crippen LogP contribution < -0.4 is 0 Å². The smallest absolute Gasteiger partial charge is 0.316 e. The van der Waals surface area contributed by atoms with Crippen LogP contribution in [0.25, 0.3) is 11.4 Å². The van der Waals surface area contributed by atoms with Crippen LogP contribution in [-0.4, -0.2) is 46.5 Å². The molecule has 0 amide bonds. The zero-order chi connectivity index (χ0) is 17.5. The maximum absolute atomic E-state index is 12.0. The summed E-state index contributed by atoms with van der Waals surface area (Å²) >= 11 is 1.27. The molecule has 132 valence electrons. The molecule has 1 aliphatic heterocycles. The van der Waals surface area contributed by atoms with Crippen molar-refractivity contribution in [3.63, 3.8) is 0 Å². The predicted octanol–water partition coefficient (Wildman–Crippen LogP) is 2.99. The minimum atomic E-state index is -0.246. The average molecular weight is 359 g/mol. The zero-order valence-corrected chi connectivity index (χ0v) is 15.0. The van der Waals surface area contributed by atoms with Crippen molar-refractivity contribution in [3.8, 4) is 11.4 Å². The molecule has 0 saturated carbocycles. The Morgan fingerprint density at radius 3 is 2.80 bits per heavy atom. The molecule has 25 heavy (non-hydrogen) atoms. The van der Waals surface area contributed by atoms with Gasteiger partial charge in [-0.25, -0.2) is 9.97 Å². The molecule has 2 aromatic rings. The first-order valence-corrected chi connectivity index (χ1v) is 9.24. The molecule has 7 heteroatoms. The molecule has 6 nitrogen and oxygen atoms in total. The third-order valence-corrected chi connectivity index (χ3v) is 5.00. The van der Waals surface area contributed by atoms with Crippen molar-refractivity contribution < 1.29 is 14.3 Å². The van der Waals surface area contributed by atoms with Crippen LogP contribution in [0.1, 0.15) is 19.8 Å². The van der Waals surface area contributed by atoms with Gasteiger partial charge in [0.1, 0.15) is 0 Å². The van der Waals surface area contributed by atoms with Crippen LogP contribution in [0.3, 0.4) is 0 Å². The number of hydrogen-bond donors (Lipinski definition) is 0. The van der Waals surface area contributed by atoms with Crippen molar-refractivity contribution in [1.82, 2.24) is 15.0 Å². The molecule has 0 bridgehead atoms. The second-order valence-electron chi connectivity index (χ2n) is 6.31. The molecular formula is C18H21N3O3S. The van der Waals surface area contributed by atoms with E-state index in [-0.39, 0.29) is 17.1 Å². The Morgan fingerprint density at radius 1 is 1.20 bits per heavy atom. The van der Waals surface area contributed by atoms with Crippen molar-refractivity contribution in [3.05, 3.63) is 36.7 Å². The van der Waals surface area contributed by atoms with Gasteiger partial charge in [0.15, 0.2) is 5.16 Å². The van der Waals surface area contributed by atoms with Crippen LogP contribution in [0.2, 0.25) is 0 Å². The minimum Gasteiger partial charge on any atom is -0.464 e. The molecule has 0 unspecified atom stereocenters. The number of nitrogens with zero attached hydrogens (tertiary/aromatic N) is 3. The number of pyridine rings is 1. The summed E-state index contributed by atoms with van der Waals surface area (Å²) in [6.45, 7) is 4.04. The first-order valence-electron chi connectivity index (χ1n) is 8.25. The van der Waals surface area contributed by atoms with Crippen molar-refractivity contribution >= 4 is 17.7 Å². The highest BCUT2D eigenvalue weighted by molar-refractivity contribution is 7.99. The standard InChI is InChI=1S/C18H21N3O3S/c1-18(6-10-23-11-7-18)13-24-16(22)12-25-17-20-9-5-15(21-17)14-4-2-3-8-19-14/h2-5,8-9H,6-7,10-13H2,1H3. The summed E-state index contributed by atoms with van der Waals surface area (Å²) in [4.78, 5) is 24.9. The van der Waals surface area contributed by atoms with Crippen molar-refractivity contribution in [2.45, 2.75) is 24.9 Å². The fraction of sp³-hybridized carbons (Fsp3) is 0.444. The molecule has 0 N–H and O–H groups in total. The third kappa shape index (κ3) is 5.24. The van der Waals surface area contributed by atoms with Crippen LogP contribution in [0, 0.1) is 5.41 Å². The molecular weight excluding hydrogens is 338 g/mol. The van der Waals surface area contributed by atoms with E-state index in [1.807, 2.05) is 18.2 Å². The van der Waals surface area contributed by atoms with Crippen molar-refractivity contribution in [1.29, 1.82) is 0 Å². The Morgan fingerprint density at radius 2 is 2.04 bits per heavy atom. The molecule has 1 aliphatic rings. The monoisotopic (exact) mass is 359 g/mol. The number of hydrogen-bond acceptors (Lipinski definition) is 7. The SMILES string of the molecule is CC1(COC(=O)CSc2nccc(-c3ccccn3)n2)CCOCC1. The molecule has 0 aliphatic carbocycles. The Balaban J connectivity index is 1.50. The van der Waals surface area contributed by atoms with Gasteiger partial charge in [-0.15, -0.1) is 0 Å². The topological polar surface area (TPSA) is 74.2 Å². The lowest BCUT2D eigenvalue weighted by Gasteiger charge is -2.32. The largest absolute Gasteiger partial charge is 0.464 e. The normalized spacial score (nSPS) is 16.4. The van der Waals surface area contributed by atoms with E-state index >= 15 is 0 Å². The number of carbonyl (C=O) groups is 1. The van der Waals surface area contributed by atoms with Crippen LogP contribution in [0.4, 0.5) is 0 Å². The van der Waals surface area contributed by atoms with Crippen molar-refractivity contribution in [2.75, 3.05) is 25.6 Å². The molecule has 1 fully saturated rings. The van der Waals surface area contributed by atoms with Crippen LogP contribution >= 0.6 is 11.8 Å². The lowest BCUT2D eigenvalue weighted by Crippen LogP contribution is -2.32. The third-order valence-electron chi connectivity index (χ3n) is 4.16. The maximum Gasteiger partial charge on any atom is 0.316 e. The minimum absolute atomic E-state index is 0.0218. The van der Waals surface area contributed by atoms with Crippen LogP contribution in [-0.2, 0) is 14.3 Å². The van der Waals surface area contributed by atoms with E-state index in [0.717, 1.165) is 37.4 Å². The second kappa shape index (κ2) is 8.40. The summed E-state index contributed by atoms with van der Waals surface area (Å²) in [6, 6.07) is 7.46. The van der Waals surface area contributed by atoms with Gasteiger partial charge >= 0.3 is 5.97 Å². The molecule has 2 aromatic heterocycles. The van der Waals surface area contributed by atoms with Gasteiger partial charge in [-0.05, 0) is 31.0 Å². The lowest BCUT2D eigenvalue weighted by molar-refractivity contribution is -0.145. The summed E-state index contributed by atoms with van der Waals surface area (Å²) in [5, 5.41) is 0.539. The number of rotatable bonds is 6. The molecule has 3 rings (SSSR count). The highest BCUT2D eigenvalue weighted by Crippen LogP contribution is 2.30. The van der Waals surface area contributed by atoms with Gasteiger partial charge in [0.05, 0.1) is 23.7 Å². The Bertz CT molecular complexity index is 706. The fourth-order valence-corrected chi connectivity index (χ4v) is 3.12. The lowest BCUT2D eigenvalue weighted by atomic mass is 9.83. The van der Waals surface area contributed by atoms with Gasteiger partial charge in [-0.3, -0.25) is 9.78 Å². The Labute approximate surface area is 151 Å². The number of thioether (sulfide) groups is 1. The molecule has 0 radical (unpaired) electrons. The van der Waals surface area contributed by atoms with Gasteiger partial charge in [0.25, 0.3) is 0 Å². The van der Waals surface area contributed by atoms with Crippen LogP contribution in [0.15, 0.2) is 41.8 Å². The zero-order valence-electron chi connectivity index (χ0n) is 14.2. The Kier molecular flexibility index (Phi) is 5.99. The summed E-state index contributed by atoms with van der Waals surface area (Å²) in [5.41, 5.74) is 1.54. The molecule has 0 spiro atoms. The quantitative estimate of drug-likeness (QED) is 0.446. The average Bonchev–Trinajstić information content (AvgIpc) is 2.66. The maximum atomic E-state index is 12.0. The Hall–Kier alpha value is -1.99. The molecule has 0 atom stereocenters.